The maximum absolute atomic E-state index is 9.84. The van der Waals surface area contributed by atoms with Gasteiger partial charge in [-0.3, -0.25) is 0 Å². The topological polar surface area (TPSA) is 45.1 Å². The Labute approximate surface area is 114 Å². The van der Waals surface area contributed by atoms with Crippen molar-refractivity contribution in [1.82, 2.24) is 4.90 Å². The second-order valence-corrected chi connectivity index (χ2v) is 4.88. The molecule has 1 N–H and O–H groups in total. The second kappa shape index (κ2) is 7.92. The minimum absolute atomic E-state index is 0.219. The maximum Gasteiger partial charge on any atom is 0.144 e. The van der Waals surface area contributed by atoms with E-state index in [1.807, 2.05) is 30.3 Å². The zero-order chi connectivity index (χ0) is 13.3. The van der Waals surface area contributed by atoms with Crippen molar-refractivity contribution >= 4 is 6.21 Å². The van der Waals surface area contributed by atoms with Crippen LogP contribution in [0.15, 0.2) is 35.5 Å². The minimum atomic E-state index is -0.487. The Morgan fingerprint density at radius 3 is 2.68 bits per heavy atom. The van der Waals surface area contributed by atoms with Gasteiger partial charge in [0.2, 0.25) is 0 Å². The Morgan fingerprint density at radius 2 is 1.95 bits per heavy atom. The molecule has 0 saturated carbocycles. The predicted octanol–water partition coefficient (Wildman–Crippen LogP) is 1.76. The zero-order valence-electron chi connectivity index (χ0n) is 11.2. The third-order valence-electron chi connectivity index (χ3n) is 3.20. The molecule has 19 heavy (non-hydrogen) atoms. The third kappa shape index (κ3) is 5.41. The predicted molar refractivity (Wildman–Crippen MR) is 75.2 cm³/mol. The van der Waals surface area contributed by atoms with E-state index in [0.717, 1.165) is 18.7 Å². The van der Waals surface area contributed by atoms with Crippen molar-refractivity contribution in [1.29, 1.82) is 0 Å². The van der Waals surface area contributed by atoms with Crippen LogP contribution in [-0.2, 0) is 4.84 Å². The summed E-state index contributed by atoms with van der Waals surface area (Å²) in [6.45, 7) is 3.05. The van der Waals surface area contributed by atoms with Gasteiger partial charge in [-0.2, -0.15) is 0 Å². The average Bonchev–Trinajstić information content (AvgIpc) is 2.46. The van der Waals surface area contributed by atoms with E-state index in [1.54, 1.807) is 0 Å². The van der Waals surface area contributed by atoms with Crippen LogP contribution in [-0.4, -0.2) is 48.6 Å². The molecule has 1 aliphatic heterocycles. The van der Waals surface area contributed by atoms with Gasteiger partial charge < -0.3 is 14.8 Å². The van der Waals surface area contributed by atoms with Gasteiger partial charge in [0.15, 0.2) is 0 Å². The Hall–Kier alpha value is -1.39. The van der Waals surface area contributed by atoms with E-state index < -0.39 is 6.10 Å². The molecule has 1 fully saturated rings. The molecule has 1 radical (unpaired) electrons. The number of β-amino-alcohol motifs (C(OH)–C–C–N with tert-alkyl or cyclic N) is 1. The van der Waals surface area contributed by atoms with Crippen molar-refractivity contribution in [3.05, 3.63) is 35.9 Å². The Morgan fingerprint density at radius 1 is 1.21 bits per heavy atom. The molecule has 103 valence electrons. The highest BCUT2D eigenvalue weighted by Crippen LogP contribution is 2.08. The fourth-order valence-corrected chi connectivity index (χ4v) is 2.21. The lowest BCUT2D eigenvalue weighted by Gasteiger charge is -2.27. The number of benzene rings is 1. The second-order valence-electron chi connectivity index (χ2n) is 4.88. The molecule has 0 amide bonds. The van der Waals surface area contributed by atoms with Crippen LogP contribution < -0.4 is 0 Å². The molecule has 0 bridgehead atoms. The number of piperidine rings is 1. The van der Waals surface area contributed by atoms with Gasteiger partial charge in [-0.1, -0.05) is 41.9 Å². The van der Waals surface area contributed by atoms with Gasteiger partial charge in [-0.05, 0) is 25.9 Å². The van der Waals surface area contributed by atoms with Crippen LogP contribution in [0.4, 0.5) is 0 Å². The highest BCUT2D eigenvalue weighted by atomic mass is 16.6. The highest BCUT2D eigenvalue weighted by molar-refractivity contribution is 5.78. The van der Waals surface area contributed by atoms with Crippen molar-refractivity contribution in [2.45, 2.75) is 25.4 Å². The first kappa shape index (κ1) is 14.0. The molecule has 1 aromatic rings. The number of nitrogens with zero attached hydrogens (tertiary/aromatic N) is 2. The number of hydrogen-bond acceptors (Lipinski definition) is 4. The molecule has 0 spiro atoms. The first-order valence-electron chi connectivity index (χ1n) is 6.88. The van der Waals surface area contributed by atoms with E-state index in [2.05, 4.69) is 16.3 Å². The van der Waals surface area contributed by atoms with Crippen molar-refractivity contribution < 1.29 is 9.94 Å². The Balaban J connectivity index is 1.63. The van der Waals surface area contributed by atoms with E-state index in [9.17, 15) is 5.11 Å². The van der Waals surface area contributed by atoms with Crippen LogP contribution in [0, 0.1) is 0 Å². The smallest absolute Gasteiger partial charge is 0.144 e. The Bertz CT molecular complexity index is 375. The van der Waals surface area contributed by atoms with Crippen LogP contribution in [0.1, 0.15) is 24.8 Å². The molecule has 1 heterocycles. The molecule has 1 unspecified atom stereocenters. The monoisotopic (exact) mass is 261 g/mol. The van der Waals surface area contributed by atoms with Crippen molar-refractivity contribution in [3.8, 4) is 0 Å². The lowest BCUT2D eigenvalue weighted by molar-refractivity contribution is 0.0163. The minimum Gasteiger partial charge on any atom is -0.392 e. The average molecular weight is 261 g/mol. The van der Waals surface area contributed by atoms with Gasteiger partial charge in [-0.25, -0.2) is 0 Å². The van der Waals surface area contributed by atoms with Gasteiger partial charge in [0.25, 0.3) is 0 Å². The third-order valence-corrected chi connectivity index (χ3v) is 3.20. The molecule has 2 rings (SSSR count). The maximum atomic E-state index is 9.84. The van der Waals surface area contributed by atoms with Crippen LogP contribution in [0.5, 0.6) is 0 Å². The fourth-order valence-electron chi connectivity index (χ4n) is 2.21. The summed E-state index contributed by atoms with van der Waals surface area (Å²) in [7, 11) is 0. The summed E-state index contributed by atoms with van der Waals surface area (Å²) in [6, 6.07) is 9.58. The van der Waals surface area contributed by atoms with Gasteiger partial charge >= 0.3 is 0 Å². The van der Waals surface area contributed by atoms with Crippen molar-refractivity contribution in [3.63, 3.8) is 0 Å². The van der Waals surface area contributed by atoms with Crippen LogP contribution in [0.3, 0.4) is 0 Å². The molecule has 4 nitrogen and oxygen atoms in total. The van der Waals surface area contributed by atoms with E-state index in [4.69, 9.17) is 4.84 Å². The van der Waals surface area contributed by atoms with Crippen LogP contribution >= 0.6 is 0 Å². The molecule has 1 atom stereocenters. The lowest BCUT2D eigenvalue weighted by Crippen LogP contribution is -2.37. The number of aliphatic hydroxyl groups is 1. The normalized spacial score (nSPS) is 18.6. The summed E-state index contributed by atoms with van der Waals surface area (Å²) in [5, 5.41) is 13.6. The lowest BCUT2D eigenvalue weighted by atomic mass is 10.1. The Kier molecular flexibility index (Phi) is 5.85. The van der Waals surface area contributed by atoms with E-state index in [0.29, 0.717) is 6.54 Å². The molecular formula is C15H21N2O2. The summed E-state index contributed by atoms with van der Waals surface area (Å²) < 4.78 is 0. The molecular weight excluding hydrogens is 240 g/mol. The SMILES string of the molecule is OC(CON=[C]c1ccccc1)CN1CCCCC1. The van der Waals surface area contributed by atoms with Gasteiger partial charge in [-0.15, -0.1) is 0 Å². The van der Waals surface area contributed by atoms with E-state index in [-0.39, 0.29) is 6.61 Å². The number of aliphatic hydroxyl groups excluding tert-OH is 1. The highest BCUT2D eigenvalue weighted by Gasteiger charge is 2.14. The van der Waals surface area contributed by atoms with Gasteiger partial charge in [0.05, 0.1) is 0 Å². The summed E-state index contributed by atoms with van der Waals surface area (Å²) in [5.41, 5.74) is 0.869. The summed E-state index contributed by atoms with van der Waals surface area (Å²) >= 11 is 0. The first-order valence-corrected chi connectivity index (χ1v) is 6.88. The molecule has 1 aliphatic rings. The number of hydrogen-bond donors (Lipinski definition) is 1. The zero-order valence-corrected chi connectivity index (χ0v) is 11.2. The molecule has 1 saturated heterocycles. The first-order chi connectivity index (χ1) is 9.34. The van der Waals surface area contributed by atoms with Gasteiger partial charge in [0.1, 0.15) is 18.9 Å². The van der Waals surface area contributed by atoms with Crippen LogP contribution in [0.2, 0.25) is 0 Å². The fraction of sp³-hybridized carbons (Fsp3) is 0.533. The number of rotatable bonds is 6. The molecule has 4 heteroatoms. The molecule has 0 aromatic heterocycles. The summed E-state index contributed by atoms with van der Waals surface area (Å²) in [6.07, 6.45) is 6.06. The molecule has 1 aromatic carbocycles. The van der Waals surface area contributed by atoms with Crippen molar-refractivity contribution in [2.24, 2.45) is 5.16 Å². The summed E-state index contributed by atoms with van der Waals surface area (Å²) in [4.78, 5) is 7.36. The largest absolute Gasteiger partial charge is 0.392 e. The van der Waals surface area contributed by atoms with Crippen molar-refractivity contribution in [2.75, 3.05) is 26.2 Å². The number of likely N-dealkylation sites (tertiary alicyclic amines) is 1. The van der Waals surface area contributed by atoms with Crippen LogP contribution in [0.25, 0.3) is 0 Å². The quantitative estimate of drug-likeness (QED) is 0.627. The van der Waals surface area contributed by atoms with E-state index >= 15 is 0 Å². The molecule has 0 aliphatic carbocycles. The standard InChI is InChI=1S/C15H21N2O2/c18-15(12-17-9-5-2-6-10-17)13-19-16-11-14-7-3-1-4-8-14/h1,3-4,7-8,15,18H,2,5-6,9-10,12-13H2. The summed E-state index contributed by atoms with van der Waals surface area (Å²) in [5.74, 6) is 0. The van der Waals surface area contributed by atoms with Gasteiger partial charge in [0, 0.05) is 12.1 Å². The van der Waals surface area contributed by atoms with E-state index in [1.165, 1.54) is 19.3 Å².